The molecule has 0 aliphatic heterocycles. The van der Waals surface area contributed by atoms with E-state index in [1.54, 1.807) is 7.11 Å². The summed E-state index contributed by atoms with van der Waals surface area (Å²) in [7, 11) is 1.69. The zero-order valence-corrected chi connectivity index (χ0v) is 13.2. The van der Waals surface area contributed by atoms with Gasteiger partial charge in [-0.3, -0.25) is 0 Å². The van der Waals surface area contributed by atoms with Crippen LogP contribution in [0.4, 0.5) is 0 Å². The van der Waals surface area contributed by atoms with Gasteiger partial charge in [0.2, 0.25) is 0 Å². The van der Waals surface area contributed by atoms with Crippen LogP contribution < -0.4 is 14.8 Å². The Labute approximate surface area is 121 Å². The van der Waals surface area contributed by atoms with Gasteiger partial charge in [0.15, 0.2) is 11.5 Å². The highest BCUT2D eigenvalue weighted by Crippen LogP contribution is 2.31. The molecule has 0 heterocycles. The van der Waals surface area contributed by atoms with Crippen LogP contribution in [-0.2, 0) is 6.54 Å². The molecular weight excluding hydrogens is 258 g/mol. The van der Waals surface area contributed by atoms with E-state index in [4.69, 9.17) is 9.47 Å². The summed E-state index contributed by atoms with van der Waals surface area (Å²) in [4.78, 5) is 0. The number of rotatable bonds is 9. The van der Waals surface area contributed by atoms with E-state index in [0.29, 0.717) is 12.6 Å². The SMILES string of the molecule is CCOc1cccc(CNC(CC)CSC)c1OC. The first-order valence-electron chi connectivity index (χ1n) is 6.77. The van der Waals surface area contributed by atoms with Crippen molar-refractivity contribution < 1.29 is 9.47 Å². The lowest BCUT2D eigenvalue weighted by Gasteiger charge is -2.18. The van der Waals surface area contributed by atoms with Crippen LogP contribution in [0.2, 0.25) is 0 Å². The van der Waals surface area contributed by atoms with Crippen molar-refractivity contribution in [2.45, 2.75) is 32.9 Å². The van der Waals surface area contributed by atoms with Gasteiger partial charge < -0.3 is 14.8 Å². The zero-order valence-electron chi connectivity index (χ0n) is 12.4. The van der Waals surface area contributed by atoms with Crippen molar-refractivity contribution in [2.75, 3.05) is 25.7 Å². The summed E-state index contributed by atoms with van der Waals surface area (Å²) in [5.41, 5.74) is 1.15. The highest BCUT2D eigenvalue weighted by molar-refractivity contribution is 7.98. The topological polar surface area (TPSA) is 30.5 Å². The van der Waals surface area contributed by atoms with Crippen molar-refractivity contribution in [1.29, 1.82) is 0 Å². The first-order chi connectivity index (χ1) is 9.26. The van der Waals surface area contributed by atoms with Gasteiger partial charge in [0.1, 0.15) is 0 Å². The van der Waals surface area contributed by atoms with Gasteiger partial charge in [0.25, 0.3) is 0 Å². The fraction of sp³-hybridized carbons (Fsp3) is 0.600. The minimum atomic E-state index is 0.537. The third-order valence-corrected chi connectivity index (χ3v) is 3.74. The first kappa shape index (κ1) is 16.2. The number of thioether (sulfide) groups is 1. The molecule has 1 aromatic rings. The molecule has 1 atom stereocenters. The van der Waals surface area contributed by atoms with Gasteiger partial charge in [-0.05, 0) is 25.7 Å². The Morgan fingerprint density at radius 2 is 2.11 bits per heavy atom. The number of ether oxygens (including phenoxy) is 2. The lowest BCUT2D eigenvalue weighted by atomic mass is 10.1. The van der Waals surface area contributed by atoms with Gasteiger partial charge in [-0.15, -0.1) is 0 Å². The van der Waals surface area contributed by atoms with Gasteiger partial charge in [-0.25, -0.2) is 0 Å². The van der Waals surface area contributed by atoms with Crippen LogP contribution in [0, 0.1) is 0 Å². The van der Waals surface area contributed by atoms with Crippen molar-refractivity contribution in [3.63, 3.8) is 0 Å². The standard InChI is InChI=1S/C15H25NO2S/c1-5-13(11-19-4)16-10-12-8-7-9-14(18-6-2)15(12)17-3/h7-9,13,16H,5-6,10-11H2,1-4H3. The molecule has 4 heteroatoms. The highest BCUT2D eigenvalue weighted by Gasteiger charge is 2.11. The normalized spacial score (nSPS) is 12.2. The second-order valence-electron chi connectivity index (χ2n) is 4.32. The van der Waals surface area contributed by atoms with E-state index >= 15 is 0 Å². The van der Waals surface area contributed by atoms with Gasteiger partial charge in [0, 0.05) is 23.9 Å². The predicted molar refractivity (Wildman–Crippen MR) is 83.5 cm³/mol. The Bertz CT molecular complexity index is 371. The van der Waals surface area contributed by atoms with Crippen molar-refractivity contribution in [1.82, 2.24) is 5.32 Å². The molecule has 0 bridgehead atoms. The Hall–Kier alpha value is -0.870. The molecule has 0 aliphatic carbocycles. The fourth-order valence-electron chi connectivity index (χ4n) is 1.98. The van der Waals surface area contributed by atoms with Gasteiger partial charge in [-0.1, -0.05) is 19.1 Å². The fourth-order valence-corrected chi connectivity index (χ4v) is 2.73. The average molecular weight is 283 g/mol. The monoisotopic (exact) mass is 283 g/mol. The Morgan fingerprint density at radius 3 is 2.68 bits per heavy atom. The summed E-state index contributed by atoms with van der Waals surface area (Å²) in [6.07, 6.45) is 3.27. The number of nitrogens with one attached hydrogen (secondary N) is 1. The largest absolute Gasteiger partial charge is 0.493 e. The Kier molecular flexibility index (Phi) is 7.75. The second kappa shape index (κ2) is 9.10. The van der Waals surface area contributed by atoms with Crippen LogP contribution in [0.5, 0.6) is 11.5 Å². The van der Waals surface area contributed by atoms with Crippen molar-refractivity contribution in [2.24, 2.45) is 0 Å². The van der Waals surface area contributed by atoms with E-state index in [9.17, 15) is 0 Å². The third-order valence-electron chi connectivity index (χ3n) is 3.01. The summed E-state index contributed by atoms with van der Waals surface area (Å²) in [6, 6.07) is 6.58. The lowest BCUT2D eigenvalue weighted by Crippen LogP contribution is -2.30. The lowest BCUT2D eigenvalue weighted by molar-refractivity contribution is 0.308. The summed E-state index contributed by atoms with van der Waals surface area (Å²) in [5.74, 6) is 2.79. The van der Waals surface area contributed by atoms with E-state index in [1.807, 2.05) is 30.8 Å². The maximum atomic E-state index is 5.59. The maximum Gasteiger partial charge on any atom is 0.165 e. The number of hydrogen-bond donors (Lipinski definition) is 1. The molecule has 19 heavy (non-hydrogen) atoms. The summed E-state index contributed by atoms with van der Waals surface area (Å²) >= 11 is 1.87. The number of methoxy groups -OCH3 is 1. The van der Waals surface area contributed by atoms with E-state index < -0.39 is 0 Å². The summed E-state index contributed by atoms with van der Waals surface area (Å²) < 4.78 is 11.1. The molecule has 1 N–H and O–H groups in total. The molecule has 0 saturated heterocycles. The van der Waals surface area contributed by atoms with Crippen LogP contribution in [0.25, 0.3) is 0 Å². The van der Waals surface area contributed by atoms with Crippen molar-refractivity contribution in [3.05, 3.63) is 23.8 Å². The van der Waals surface area contributed by atoms with Gasteiger partial charge in [0.05, 0.1) is 13.7 Å². The van der Waals surface area contributed by atoms with Crippen LogP contribution in [0.15, 0.2) is 18.2 Å². The molecule has 1 unspecified atom stereocenters. The molecule has 0 aromatic heterocycles. The van der Waals surface area contributed by atoms with Gasteiger partial charge in [-0.2, -0.15) is 11.8 Å². The van der Waals surface area contributed by atoms with E-state index in [0.717, 1.165) is 35.8 Å². The first-order valence-corrected chi connectivity index (χ1v) is 8.17. The zero-order chi connectivity index (χ0) is 14.1. The molecule has 1 rings (SSSR count). The molecule has 0 aliphatic rings. The Balaban J connectivity index is 2.74. The van der Waals surface area contributed by atoms with Gasteiger partial charge >= 0.3 is 0 Å². The number of benzene rings is 1. The molecule has 0 saturated carbocycles. The summed E-state index contributed by atoms with van der Waals surface area (Å²) in [5, 5.41) is 3.57. The number of para-hydroxylation sites is 1. The quantitative estimate of drug-likeness (QED) is 0.753. The molecule has 0 spiro atoms. The minimum absolute atomic E-state index is 0.537. The maximum absolute atomic E-state index is 5.59. The third kappa shape index (κ3) is 4.96. The van der Waals surface area contributed by atoms with E-state index in [2.05, 4.69) is 24.6 Å². The Morgan fingerprint density at radius 1 is 1.32 bits per heavy atom. The van der Waals surface area contributed by atoms with Crippen molar-refractivity contribution >= 4 is 11.8 Å². The van der Waals surface area contributed by atoms with Crippen molar-refractivity contribution in [3.8, 4) is 11.5 Å². The minimum Gasteiger partial charge on any atom is -0.493 e. The predicted octanol–water partition coefficient (Wildman–Crippen LogP) is 3.33. The molecule has 0 amide bonds. The van der Waals surface area contributed by atoms with Crippen LogP contribution in [-0.4, -0.2) is 31.8 Å². The smallest absolute Gasteiger partial charge is 0.165 e. The average Bonchev–Trinajstić information content (AvgIpc) is 2.44. The highest BCUT2D eigenvalue weighted by atomic mass is 32.2. The van der Waals surface area contributed by atoms with Crippen LogP contribution in [0.1, 0.15) is 25.8 Å². The molecule has 108 valence electrons. The van der Waals surface area contributed by atoms with E-state index in [-0.39, 0.29) is 0 Å². The molecular formula is C15H25NO2S. The second-order valence-corrected chi connectivity index (χ2v) is 5.23. The van der Waals surface area contributed by atoms with Crippen LogP contribution >= 0.6 is 11.8 Å². The molecule has 0 fully saturated rings. The molecule has 0 radical (unpaired) electrons. The van der Waals surface area contributed by atoms with Crippen LogP contribution in [0.3, 0.4) is 0 Å². The molecule has 3 nitrogen and oxygen atoms in total. The van der Waals surface area contributed by atoms with E-state index in [1.165, 1.54) is 0 Å². The number of hydrogen-bond acceptors (Lipinski definition) is 4. The molecule has 1 aromatic carbocycles. The summed E-state index contributed by atoms with van der Waals surface area (Å²) in [6.45, 7) is 5.65.